The maximum atomic E-state index is 12.6. The third-order valence-electron chi connectivity index (χ3n) is 2.10. The summed E-state index contributed by atoms with van der Waals surface area (Å²) >= 11 is 0. The van der Waals surface area contributed by atoms with Crippen molar-refractivity contribution >= 4 is 0 Å². The Balaban J connectivity index is 2.38. The van der Waals surface area contributed by atoms with Crippen LogP contribution in [-0.2, 0) is 6.18 Å². The molecule has 2 rings (SSSR count). The van der Waals surface area contributed by atoms with Crippen molar-refractivity contribution in [3.63, 3.8) is 0 Å². The molecule has 0 N–H and O–H groups in total. The van der Waals surface area contributed by atoms with Crippen molar-refractivity contribution in [1.29, 1.82) is 5.26 Å². The molecule has 0 amide bonds. The first kappa shape index (κ1) is 10.7. The monoisotopic (exact) mass is 228 g/mol. The van der Waals surface area contributed by atoms with Crippen LogP contribution in [0, 0.1) is 11.3 Å². The van der Waals surface area contributed by atoms with E-state index in [1.165, 1.54) is 0 Å². The average molecular weight is 228 g/mol. The zero-order valence-electron chi connectivity index (χ0n) is 8.08. The lowest BCUT2D eigenvalue weighted by Gasteiger charge is -2.12. The van der Waals surface area contributed by atoms with Gasteiger partial charge in [0.05, 0.1) is 6.10 Å². The average Bonchev–Trinajstić information content (AvgIpc) is 3.00. The molecule has 1 aliphatic rings. The van der Waals surface area contributed by atoms with Crippen molar-refractivity contribution in [1.82, 2.24) is 4.98 Å². The molecule has 3 nitrogen and oxygen atoms in total. The summed E-state index contributed by atoms with van der Waals surface area (Å²) in [7, 11) is 0. The second kappa shape index (κ2) is 3.67. The molecule has 84 valence electrons. The zero-order valence-corrected chi connectivity index (χ0v) is 8.08. The third-order valence-corrected chi connectivity index (χ3v) is 2.10. The lowest BCUT2D eigenvalue weighted by Crippen LogP contribution is -2.10. The van der Waals surface area contributed by atoms with Crippen LogP contribution in [0.4, 0.5) is 13.2 Å². The van der Waals surface area contributed by atoms with Crippen LogP contribution in [0.2, 0.25) is 0 Å². The molecule has 1 fully saturated rings. The molecular weight excluding hydrogens is 221 g/mol. The maximum absolute atomic E-state index is 12.6. The smallest absolute Gasteiger partial charge is 0.421 e. The SMILES string of the molecule is N#Cc1cc(OC2CC2)c(C(F)(F)F)cn1. The van der Waals surface area contributed by atoms with E-state index < -0.39 is 11.7 Å². The van der Waals surface area contributed by atoms with Gasteiger partial charge in [-0.25, -0.2) is 4.98 Å². The largest absolute Gasteiger partial charge is 0.490 e. The quantitative estimate of drug-likeness (QED) is 0.781. The number of nitrogens with zero attached hydrogens (tertiary/aromatic N) is 2. The standard InChI is InChI=1S/C10H7F3N2O/c11-10(12,13)8-5-15-6(4-14)3-9(8)16-7-1-2-7/h3,5,7H,1-2H2. The van der Waals surface area contributed by atoms with Gasteiger partial charge in [0.1, 0.15) is 23.1 Å². The number of hydrogen-bond acceptors (Lipinski definition) is 3. The fraction of sp³-hybridized carbons (Fsp3) is 0.400. The highest BCUT2D eigenvalue weighted by atomic mass is 19.4. The van der Waals surface area contributed by atoms with Gasteiger partial charge in [0.15, 0.2) is 0 Å². The van der Waals surface area contributed by atoms with Crippen LogP contribution in [0.3, 0.4) is 0 Å². The van der Waals surface area contributed by atoms with E-state index in [9.17, 15) is 13.2 Å². The van der Waals surface area contributed by atoms with E-state index in [0.717, 1.165) is 18.9 Å². The highest BCUT2D eigenvalue weighted by Crippen LogP contribution is 2.38. The van der Waals surface area contributed by atoms with Crippen LogP contribution < -0.4 is 4.74 Å². The number of halogens is 3. The molecule has 1 aromatic rings. The van der Waals surface area contributed by atoms with Crippen molar-refractivity contribution in [2.24, 2.45) is 0 Å². The normalized spacial score (nSPS) is 15.6. The lowest BCUT2D eigenvalue weighted by molar-refractivity contribution is -0.139. The second-order valence-electron chi connectivity index (χ2n) is 3.49. The summed E-state index contributed by atoms with van der Waals surface area (Å²) in [6.07, 6.45) is -2.53. The van der Waals surface area contributed by atoms with Gasteiger partial charge in [-0.3, -0.25) is 0 Å². The highest BCUT2D eigenvalue weighted by Gasteiger charge is 2.37. The van der Waals surface area contributed by atoms with E-state index in [1.807, 2.05) is 0 Å². The molecule has 0 atom stereocenters. The minimum atomic E-state index is -4.51. The fourth-order valence-corrected chi connectivity index (χ4v) is 1.17. The van der Waals surface area contributed by atoms with E-state index in [-0.39, 0.29) is 17.5 Å². The summed E-state index contributed by atoms with van der Waals surface area (Å²) in [5.74, 6) is -0.304. The van der Waals surface area contributed by atoms with Gasteiger partial charge in [-0.2, -0.15) is 18.4 Å². The number of rotatable bonds is 2. The van der Waals surface area contributed by atoms with E-state index >= 15 is 0 Å². The molecule has 1 saturated carbocycles. The number of hydrogen-bond donors (Lipinski definition) is 0. The Morgan fingerprint density at radius 1 is 1.44 bits per heavy atom. The molecule has 0 spiro atoms. The summed E-state index contributed by atoms with van der Waals surface area (Å²) in [4.78, 5) is 3.39. The van der Waals surface area contributed by atoms with Crippen LogP contribution in [0.25, 0.3) is 0 Å². The fourth-order valence-electron chi connectivity index (χ4n) is 1.17. The molecule has 0 aromatic carbocycles. The molecule has 0 aliphatic heterocycles. The van der Waals surface area contributed by atoms with E-state index in [0.29, 0.717) is 6.20 Å². The predicted molar refractivity (Wildman–Crippen MR) is 47.6 cm³/mol. The maximum Gasteiger partial charge on any atom is 0.421 e. The Hall–Kier alpha value is -1.77. The van der Waals surface area contributed by atoms with Gasteiger partial charge in [0.25, 0.3) is 0 Å². The number of ether oxygens (including phenoxy) is 1. The second-order valence-corrected chi connectivity index (χ2v) is 3.49. The summed E-state index contributed by atoms with van der Waals surface area (Å²) in [5, 5.41) is 8.56. The minimum absolute atomic E-state index is 0.0800. The summed E-state index contributed by atoms with van der Waals surface area (Å²) in [5.41, 5.74) is -1.01. The van der Waals surface area contributed by atoms with Crippen molar-refractivity contribution in [2.75, 3.05) is 0 Å². The van der Waals surface area contributed by atoms with E-state index in [1.54, 1.807) is 6.07 Å². The molecule has 1 aromatic heterocycles. The molecular formula is C10H7F3N2O. The third kappa shape index (κ3) is 2.24. The van der Waals surface area contributed by atoms with E-state index in [4.69, 9.17) is 10.00 Å². The molecule has 6 heteroatoms. The summed E-state index contributed by atoms with van der Waals surface area (Å²) < 4.78 is 42.8. The molecule has 0 bridgehead atoms. The van der Waals surface area contributed by atoms with Crippen LogP contribution in [0.15, 0.2) is 12.3 Å². The van der Waals surface area contributed by atoms with Gasteiger partial charge in [-0.05, 0) is 12.8 Å². The molecule has 16 heavy (non-hydrogen) atoms. The Labute approximate surface area is 89.5 Å². The van der Waals surface area contributed by atoms with Gasteiger partial charge < -0.3 is 4.74 Å². The highest BCUT2D eigenvalue weighted by molar-refractivity contribution is 5.39. The van der Waals surface area contributed by atoms with Crippen LogP contribution >= 0.6 is 0 Å². The van der Waals surface area contributed by atoms with Gasteiger partial charge in [-0.1, -0.05) is 0 Å². The number of aromatic nitrogens is 1. The van der Waals surface area contributed by atoms with Crippen molar-refractivity contribution in [3.8, 4) is 11.8 Å². The topological polar surface area (TPSA) is 45.9 Å². The van der Waals surface area contributed by atoms with Gasteiger partial charge >= 0.3 is 6.18 Å². The molecule has 1 aliphatic carbocycles. The van der Waals surface area contributed by atoms with Crippen LogP contribution in [-0.4, -0.2) is 11.1 Å². The van der Waals surface area contributed by atoms with Gasteiger partial charge in [0.2, 0.25) is 0 Å². The first-order valence-corrected chi connectivity index (χ1v) is 4.64. The zero-order chi connectivity index (χ0) is 11.8. The number of nitriles is 1. The number of pyridine rings is 1. The first-order valence-electron chi connectivity index (χ1n) is 4.64. The molecule has 0 saturated heterocycles. The Morgan fingerprint density at radius 2 is 2.12 bits per heavy atom. The van der Waals surface area contributed by atoms with E-state index in [2.05, 4.69) is 4.98 Å². The Morgan fingerprint density at radius 3 is 2.62 bits per heavy atom. The Bertz CT molecular complexity index is 446. The van der Waals surface area contributed by atoms with Crippen molar-refractivity contribution in [2.45, 2.75) is 25.1 Å². The van der Waals surface area contributed by atoms with Crippen LogP contribution in [0.5, 0.6) is 5.75 Å². The minimum Gasteiger partial charge on any atom is -0.490 e. The Kier molecular flexibility index (Phi) is 2.46. The van der Waals surface area contributed by atoms with Gasteiger partial charge in [0, 0.05) is 12.3 Å². The van der Waals surface area contributed by atoms with Crippen LogP contribution in [0.1, 0.15) is 24.1 Å². The van der Waals surface area contributed by atoms with Crippen molar-refractivity contribution < 1.29 is 17.9 Å². The first-order chi connectivity index (χ1) is 7.50. The lowest BCUT2D eigenvalue weighted by atomic mass is 10.2. The van der Waals surface area contributed by atoms with Crippen molar-refractivity contribution in [3.05, 3.63) is 23.5 Å². The molecule has 1 heterocycles. The predicted octanol–water partition coefficient (Wildman–Crippen LogP) is 2.51. The summed E-state index contributed by atoms with van der Waals surface area (Å²) in [6.45, 7) is 0. The van der Waals surface area contributed by atoms with Gasteiger partial charge in [-0.15, -0.1) is 0 Å². The molecule has 0 unspecified atom stereocenters. The number of alkyl halides is 3. The molecule has 0 radical (unpaired) electrons. The summed E-state index contributed by atoms with van der Waals surface area (Å²) in [6, 6.07) is 2.71.